The number of thiophene rings is 1. The summed E-state index contributed by atoms with van der Waals surface area (Å²) in [6.07, 6.45) is 2.04. The van der Waals surface area contributed by atoms with Gasteiger partial charge < -0.3 is 15.6 Å². The maximum absolute atomic E-state index is 14.9. The zero-order valence-electron chi connectivity index (χ0n) is 27.5. The number of rotatable bonds is 4. The monoisotopic (exact) mass is 713 g/mol. The highest BCUT2D eigenvalue weighted by atomic mass is 35.5. The van der Waals surface area contributed by atoms with Crippen LogP contribution in [0.15, 0.2) is 54.1 Å². The lowest BCUT2D eigenvalue weighted by atomic mass is 9.51. The summed E-state index contributed by atoms with van der Waals surface area (Å²) in [6, 6.07) is 11.0. The third-order valence-corrected chi connectivity index (χ3v) is 12.8. The summed E-state index contributed by atoms with van der Waals surface area (Å²) in [5.74, 6) is -6.07. The molecule has 3 fully saturated rings. The highest BCUT2D eigenvalue weighted by Gasteiger charge is 2.68. The normalized spacial score (nSPS) is 27.5. The number of primary amides is 1. The number of nitrogens with two attached hydrogens (primary N) is 1. The van der Waals surface area contributed by atoms with E-state index in [9.17, 15) is 29.1 Å². The molecule has 4 aromatic rings. The molecule has 12 nitrogen and oxygen atoms in total. The van der Waals surface area contributed by atoms with E-state index in [1.165, 1.54) is 34.1 Å². The number of hydrogen-bond acceptors (Lipinski definition) is 9. The van der Waals surface area contributed by atoms with Gasteiger partial charge in [-0.15, -0.1) is 11.3 Å². The van der Waals surface area contributed by atoms with Crippen LogP contribution in [-0.4, -0.2) is 56.6 Å². The van der Waals surface area contributed by atoms with E-state index in [1.807, 2.05) is 31.2 Å². The summed E-state index contributed by atoms with van der Waals surface area (Å²) in [5.41, 5.74) is 6.65. The Labute approximate surface area is 295 Å². The Hall–Kier alpha value is -5.01. The van der Waals surface area contributed by atoms with Crippen molar-refractivity contribution in [2.45, 2.75) is 32.6 Å². The summed E-state index contributed by atoms with van der Waals surface area (Å²) < 4.78 is 7.85. The lowest BCUT2D eigenvalue weighted by Crippen LogP contribution is -2.49. The molecule has 0 spiro atoms. The number of benzene rings is 2. The predicted octanol–water partition coefficient (Wildman–Crippen LogP) is 5.29. The fourth-order valence-electron chi connectivity index (χ4n) is 8.90. The van der Waals surface area contributed by atoms with Crippen molar-refractivity contribution >= 4 is 68.5 Å². The molecular weight excluding hydrogens is 682 g/mol. The number of nitrogens with zero attached hydrogens (tertiary/aromatic N) is 4. The van der Waals surface area contributed by atoms with Crippen LogP contribution in [0, 0.1) is 36.0 Å². The minimum absolute atomic E-state index is 0.0739. The third kappa shape index (κ3) is 4.22. The summed E-state index contributed by atoms with van der Waals surface area (Å²) in [4.78, 5) is 71.2. The predicted molar refractivity (Wildman–Crippen MR) is 184 cm³/mol. The smallest absolute Gasteiger partial charge is 0.328 e. The van der Waals surface area contributed by atoms with Crippen LogP contribution in [0.2, 0.25) is 5.02 Å². The average Bonchev–Trinajstić information content (AvgIpc) is 3.75. The highest BCUT2D eigenvalue weighted by molar-refractivity contribution is 7.22. The SMILES string of the molecule is COc1ccc([C@H]2C3=CC[C@@H]4C(=O)N(C(N)=O)C(=O)[C@@H]4[C@@H]3C[C@H]3C(=O)N(c4cc(-c5sc6ccc(Cl)cc6c5C)nn4C)C(=O)[C@@]23C)c(O)c1. The van der Waals surface area contributed by atoms with E-state index in [1.54, 1.807) is 32.2 Å². The van der Waals surface area contributed by atoms with Gasteiger partial charge in [0, 0.05) is 40.4 Å². The number of fused-ring (bicyclic) bond motifs is 5. The van der Waals surface area contributed by atoms with Crippen molar-refractivity contribution in [3.8, 4) is 22.1 Å². The number of anilines is 1. The van der Waals surface area contributed by atoms with Crippen molar-refractivity contribution in [3.63, 3.8) is 0 Å². The molecule has 2 aromatic heterocycles. The molecular formula is C36H32ClN5O7S. The van der Waals surface area contributed by atoms with Gasteiger partial charge in [-0.05, 0) is 67.8 Å². The van der Waals surface area contributed by atoms with Gasteiger partial charge in [0.2, 0.25) is 23.6 Å². The van der Waals surface area contributed by atoms with Crippen LogP contribution in [0.4, 0.5) is 10.6 Å². The van der Waals surface area contributed by atoms with Gasteiger partial charge >= 0.3 is 6.03 Å². The number of allylic oxidation sites excluding steroid dienone is 2. The third-order valence-electron chi connectivity index (χ3n) is 11.3. The maximum Gasteiger partial charge on any atom is 0.328 e. The molecule has 3 N–H and O–H groups in total. The first kappa shape index (κ1) is 32.2. The number of ether oxygens (including phenoxy) is 1. The first-order valence-corrected chi connectivity index (χ1v) is 17.3. The van der Waals surface area contributed by atoms with Crippen molar-refractivity contribution in [1.82, 2.24) is 14.7 Å². The number of aryl methyl sites for hydroxylation is 2. The molecule has 4 aliphatic rings. The Kier molecular flexibility index (Phi) is 7.08. The number of likely N-dealkylation sites (tertiary alicyclic amines) is 1. The number of aromatic nitrogens is 2. The second kappa shape index (κ2) is 11.0. The number of hydrogen-bond donors (Lipinski definition) is 2. The van der Waals surface area contributed by atoms with Crippen LogP contribution in [0.5, 0.6) is 11.5 Å². The minimum Gasteiger partial charge on any atom is -0.508 e. The van der Waals surface area contributed by atoms with Gasteiger partial charge in [-0.1, -0.05) is 29.3 Å². The number of urea groups is 1. The zero-order valence-corrected chi connectivity index (χ0v) is 29.0. The second-order valence-corrected chi connectivity index (χ2v) is 15.1. The van der Waals surface area contributed by atoms with E-state index in [-0.39, 0.29) is 24.4 Å². The largest absolute Gasteiger partial charge is 0.508 e. The zero-order chi connectivity index (χ0) is 35.5. The van der Waals surface area contributed by atoms with Gasteiger partial charge in [0.25, 0.3) is 0 Å². The molecule has 4 heterocycles. The number of amides is 6. The number of imide groups is 4. The van der Waals surface area contributed by atoms with E-state index >= 15 is 0 Å². The van der Waals surface area contributed by atoms with Crippen LogP contribution in [0.3, 0.4) is 0 Å². The molecule has 2 aliphatic carbocycles. The lowest BCUT2D eigenvalue weighted by molar-refractivity contribution is -0.136. The molecule has 0 unspecified atom stereocenters. The number of phenolic OH excluding ortho intramolecular Hbond substituents is 1. The standard InChI is InChI=1S/C36H32ClN5O7S/c1-15-21-11-16(37)5-10-26(21)50-30(15)24-14-27(40(3)39-24)41-32(45)23-13-22-18(8-9-20-28(22)33(46)42(31(20)44)35(38)48)29(36(23,2)34(41)47)19-7-6-17(49-4)12-25(19)43/h5-8,10-12,14,20,22-23,28-29,43H,9,13H2,1-4H3,(H2,38,48)/t20-,22+,23-,28-,29+,36+/m0/s1. The molecule has 8 rings (SSSR count). The molecule has 0 bridgehead atoms. The summed E-state index contributed by atoms with van der Waals surface area (Å²) in [7, 11) is 3.14. The van der Waals surface area contributed by atoms with E-state index < -0.39 is 64.7 Å². The second-order valence-electron chi connectivity index (χ2n) is 13.6. The Morgan fingerprint density at radius 1 is 1.08 bits per heavy atom. The summed E-state index contributed by atoms with van der Waals surface area (Å²) in [6.45, 7) is 3.70. The first-order valence-electron chi connectivity index (χ1n) is 16.1. The molecule has 6 atom stereocenters. The molecule has 50 heavy (non-hydrogen) atoms. The molecule has 256 valence electrons. The topological polar surface area (TPSA) is 165 Å². The Bertz CT molecular complexity index is 2260. The Morgan fingerprint density at radius 3 is 2.54 bits per heavy atom. The molecule has 6 amide bonds. The number of halogens is 1. The molecule has 2 saturated heterocycles. The van der Waals surface area contributed by atoms with Crippen molar-refractivity contribution < 1.29 is 33.8 Å². The van der Waals surface area contributed by atoms with Crippen LogP contribution < -0.4 is 15.4 Å². The van der Waals surface area contributed by atoms with Crippen LogP contribution in [0.25, 0.3) is 20.7 Å². The van der Waals surface area contributed by atoms with Crippen molar-refractivity contribution in [2.75, 3.05) is 12.0 Å². The number of carbonyl (C=O) groups is 5. The number of phenols is 1. The van der Waals surface area contributed by atoms with E-state index in [2.05, 4.69) is 0 Å². The van der Waals surface area contributed by atoms with Gasteiger partial charge in [-0.2, -0.15) is 10.00 Å². The number of carbonyl (C=O) groups excluding carboxylic acids is 5. The fraction of sp³-hybridized carbons (Fsp3) is 0.333. The maximum atomic E-state index is 14.9. The van der Waals surface area contributed by atoms with E-state index in [4.69, 9.17) is 27.2 Å². The molecule has 2 aromatic carbocycles. The number of aromatic hydroxyl groups is 1. The minimum atomic E-state index is -1.40. The Morgan fingerprint density at radius 2 is 1.84 bits per heavy atom. The quantitative estimate of drug-likeness (QED) is 0.213. The van der Waals surface area contributed by atoms with E-state index in [0.717, 1.165) is 20.5 Å². The lowest BCUT2D eigenvalue weighted by Gasteiger charge is -2.49. The van der Waals surface area contributed by atoms with Crippen LogP contribution in [-0.2, 0) is 26.2 Å². The molecule has 1 saturated carbocycles. The first-order chi connectivity index (χ1) is 23.8. The summed E-state index contributed by atoms with van der Waals surface area (Å²) in [5, 5.41) is 17.7. The van der Waals surface area contributed by atoms with Gasteiger partial charge in [-0.25, -0.2) is 9.69 Å². The van der Waals surface area contributed by atoms with Gasteiger partial charge in [0.15, 0.2) is 0 Å². The number of methoxy groups -OCH3 is 1. The average molecular weight is 714 g/mol. The molecule has 14 heteroatoms. The van der Waals surface area contributed by atoms with Crippen LogP contribution in [0.1, 0.15) is 36.8 Å². The Balaban J connectivity index is 1.26. The highest BCUT2D eigenvalue weighted by Crippen LogP contribution is 2.64. The van der Waals surface area contributed by atoms with Crippen LogP contribution >= 0.6 is 22.9 Å². The van der Waals surface area contributed by atoms with Gasteiger partial charge in [0.1, 0.15) is 23.0 Å². The summed E-state index contributed by atoms with van der Waals surface area (Å²) >= 11 is 7.81. The molecule has 0 radical (unpaired) electrons. The van der Waals surface area contributed by atoms with E-state index in [0.29, 0.717) is 32.5 Å². The van der Waals surface area contributed by atoms with Crippen molar-refractivity contribution in [1.29, 1.82) is 0 Å². The van der Waals surface area contributed by atoms with Crippen molar-refractivity contribution in [3.05, 3.63) is 70.3 Å². The van der Waals surface area contributed by atoms with Gasteiger partial charge in [-0.3, -0.25) is 23.9 Å². The van der Waals surface area contributed by atoms with Gasteiger partial charge in [0.05, 0.1) is 35.2 Å². The van der Waals surface area contributed by atoms with Crippen molar-refractivity contribution in [2.24, 2.45) is 41.9 Å². The molecule has 2 aliphatic heterocycles. The fourth-order valence-corrected chi connectivity index (χ4v) is 10.2.